The fourth-order valence-corrected chi connectivity index (χ4v) is 2.82. The van der Waals surface area contributed by atoms with Crippen LogP contribution in [0.15, 0.2) is 6.20 Å². The number of nitrogens with zero attached hydrogens (tertiary/aromatic N) is 4. The molecule has 1 fully saturated rings. The zero-order valence-corrected chi connectivity index (χ0v) is 12.3. The molecule has 2 heterocycles. The molecular formula is C14H26N4. The third kappa shape index (κ3) is 2.69. The molecule has 2 rings (SSSR count). The average Bonchev–Trinajstić information content (AvgIpc) is 2.71. The molecule has 0 atom stereocenters. The normalized spacial score (nSPS) is 18.6. The van der Waals surface area contributed by atoms with Crippen LogP contribution in [0.3, 0.4) is 0 Å². The van der Waals surface area contributed by atoms with Crippen LogP contribution >= 0.6 is 0 Å². The fraction of sp³-hybridized carbons (Fsp3) is 0.786. The maximum atomic E-state index is 4.68. The molecule has 0 bridgehead atoms. The Labute approximate surface area is 111 Å². The van der Waals surface area contributed by atoms with Crippen molar-refractivity contribution in [1.29, 1.82) is 0 Å². The lowest BCUT2D eigenvalue weighted by Gasteiger charge is -2.34. The number of rotatable bonds is 3. The lowest BCUT2D eigenvalue weighted by Crippen LogP contribution is -2.38. The van der Waals surface area contributed by atoms with E-state index in [0.29, 0.717) is 12.0 Å². The lowest BCUT2D eigenvalue weighted by molar-refractivity contribution is 0.170. The van der Waals surface area contributed by atoms with Crippen molar-refractivity contribution in [1.82, 2.24) is 14.7 Å². The summed E-state index contributed by atoms with van der Waals surface area (Å²) in [4.78, 5) is 4.74. The van der Waals surface area contributed by atoms with Crippen LogP contribution in [0.25, 0.3) is 0 Å². The van der Waals surface area contributed by atoms with E-state index < -0.39 is 0 Å². The molecule has 1 aromatic heterocycles. The van der Waals surface area contributed by atoms with Crippen molar-refractivity contribution < 1.29 is 0 Å². The van der Waals surface area contributed by atoms with Crippen LogP contribution < -0.4 is 4.90 Å². The van der Waals surface area contributed by atoms with Crippen molar-refractivity contribution in [3.05, 3.63) is 11.9 Å². The van der Waals surface area contributed by atoms with Crippen LogP contribution in [-0.4, -0.2) is 47.9 Å². The summed E-state index contributed by atoms with van der Waals surface area (Å²) in [6, 6.07) is 0.669. The second-order valence-electron chi connectivity index (χ2n) is 5.87. The van der Waals surface area contributed by atoms with Crippen LogP contribution in [0.1, 0.15) is 38.3 Å². The largest absolute Gasteiger partial charge is 0.375 e. The minimum Gasteiger partial charge on any atom is -0.375 e. The summed E-state index contributed by atoms with van der Waals surface area (Å²) in [7, 11) is 6.22. The topological polar surface area (TPSA) is 24.3 Å². The van der Waals surface area contributed by atoms with E-state index >= 15 is 0 Å². The van der Waals surface area contributed by atoms with E-state index in [2.05, 4.69) is 49.0 Å². The molecule has 0 unspecified atom stereocenters. The highest BCUT2D eigenvalue weighted by molar-refractivity contribution is 5.49. The maximum absolute atomic E-state index is 4.68. The van der Waals surface area contributed by atoms with Gasteiger partial charge in [0, 0.05) is 39.3 Å². The van der Waals surface area contributed by atoms with Gasteiger partial charge in [0.2, 0.25) is 0 Å². The lowest BCUT2D eigenvalue weighted by atomic mass is 9.92. The molecular weight excluding hydrogens is 224 g/mol. The number of aromatic nitrogens is 2. The van der Waals surface area contributed by atoms with Crippen LogP contribution in [0.5, 0.6) is 0 Å². The third-order valence-electron chi connectivity index (χ3n) is 3.97. The SMILES string of the molecule is CC(C)N1CCC(c2nn(C)cc2N(C)C)CC1. The second kappa shape index (κ2) is 5.31. The van der Waals surface area contributed by atoms with Crippen LogP contribution in [0.4, 0.5) is 5.69 Å². The van der Waals surface area contributed by atoms with Gasteiger partial charge in [0.25, 0.3) is 0 Å². The molecule has 0 saturated carbocycles. The summed E-state index contributed by atoms with van der Waals surface area (Å²) in [5.41, 5.74) is 2.56. The van der Waals surface area contributed by atoms with Crippen molar-refractivity contribution in [3.8, 4) is 0 Å². The monoisotopic (exact) mass is 250 g/mol. The van der Waals surface area contributed by atoms with Gasteiger partial charge in [0.05, 0.1) is 11.4 Å². The Morgan fingerprint density at radius 1 is 1.28 bits per heavy atom. The first-order chi connectivity index (χ1) is 8.49. The van der Waals surface area contributed by atoms with Gasteiger partial charge >= 0.3 is 0 Å². The van der Waals surface area contributed by atoms with E-state index in [-0.39, 0.29) is 0 Å². The minimum absolute atomic E-state index is 0.624. The molecule has 1 aliphatic heterocycles. The van der Waals surface area contributed by atoms with Gasteiger partial charge in [-0.05, 0) is 39.8 Å². The molecule has 0 aromatic carbocycles. The molecule has 4 nitrogen and oxygen atoms in total. The van der Waals surface area contributed by atoms with E-state index in [0.717, 1.165) is 0 Å². The number of anilines is 1. The summed E-state index contributed by atoms with van der Waals surface area (Å²) >= 11 is 0. The summed E-state index contributed by atoms with van der Waals surface area (Å²) in [5.74, 6) is 0.624. The standard InChI is InChI=1S/C14H26N4/c1-11(2)18-8-6-12(7-9-18)14-13(16(3)4)10-17(5)15-14/h10-12H,6-9H2,1-5H3. The predicted octanol–water partition coefficient (Wildman–Crippen LogP) is 2.07. The van der Waals surface area contributed by atoms with Gasteiger partial charge in [0.1, 0.15) is 0 Å². The number of likely N-dealkylation sites (tertiary alicyclic amines) is 1. The average molecular weight is 250 g/mol. The molecule has 1 saturated heterocycles. The Morgan fingerprint density at radius 3 is 2.39 bits per heavy atom. The van der Waals surface area contributed by atoms with Crippen molar-refractivity contribution >= 4 is 5.69 Å². The molecule has 0 radical (unpaired) electrons. The van der Waals surface area contributed by atoms with Gasteiger partial charge in [-0.1, -0.05) is 0 Å². The van der Waals surface area contributed by atoms with Crippen molar-refractivity contribution in [2.45, 2.75) is 38.6 Å². The molecule has 18 heavy (non-hydrogen) atoms. The Hall–Kier alpha value is -1.03. The molecule has 102 valence electrons. The number of piperidine rings is 1. The first kappa shape index (κ1) is 13.4. The number of hydrogen-bond acceptors (Lipinski definition) is 3. The molecule has 0 spiro atoms. The Bertz CT molecular complexity index is 386. The van der Waals surface area contributed by atoms with E-state index in [1.54, 1.807) is 0 Å². The van der Waals surface area contributed by atoms with Gasteiger partial charge < -0.3 is 9.80 Å². The highest BCUT2D eigenvalue weighted by Crippen LogP contribution is 2.33. The summed E-state index contributed by atoms with van der Waals surface area (Å²) < 4.78 is 1.94. The number of aryl methyl sites for hydroxylation is 1. The Morgan fingerprint density at radius 2 is 1.89 bits per heavy atom. The van der Waals surface area contributed by atoms with Crippen LogP contribution in [-0.2, 0) is 7.05 Å². The zero-order valence-electron chi connectivity index (χ0n) is 12.3. The molecule has 1 aromatic rings. The van der Waals surface area contributed by atoms with E-state index in [1.165, 1.54) is 37.3 Å². The predicted molar refractivity (Wildman–Crippen MR) is 76.2 cm³/mol. The molecule has 0 aliphatic carbocycles. The number of hydrogen-bond donors (Lipinski definition) is 0. The third-order valence-corrected chi connectivity index (χ3v) is 3.97. The Kier molecular flexibility index (Phi) is 3.95. The van der Waals surface area contributed by atoms with Gasteiger partial charge in [0.15, 0.2) is 0 Å². The molecule has 4 heteroatoms. The maximum Gasteiger partial charge on any atom is 0.0889 e. The first-order valence-corrected chi connectivity index (χ1v) is 6.94. The van der Waals surface area contributed by atoms with E-state index in [4.69, 9.17) is 0 Å². The highest BCUT2D eigenvalue weighted by Gasteiger charge is 2.26. The van der Waals surface area contributed by atoms with Gasteiger partial charge in [-0.15, -0.1) is 0 Å². The summed E-state index contributed by atoms with van der Waals surface area (Å²) in [6.07, 6.45) is 4.59. The summed E-state index contributed by atoms with van der Waals surface area (Å²) in [5, 5.41) is 4.68. The van der Waals surface area contributed by atoms with E-state index in [9.17, 15) is 0 Å². The smallest absolute Gasteiger partial charge is 0.0889 e. The van der Waals surface area contributed by atoms with Crippen molar-refractivity contribution in [2.24, 2.45) is 7.05 Å². The molecule has 0 amide bonds. The van der Waals surface area contributed by atoms with Gasteiger partial charge in [-0.3, -0.25) is 4.68 Å². The quantitative estimate of drug-likeness (QED) is 0.821. The fourth-order valence-electron chi connectivity index (χ4n) is 2.82. The van der Waals surface area contributed by atoms with Crippen LogP contribution in [0, 0.1) is 0 Å². The van der Waals surface area contributed by atoms with Gasteiger partial charge in [-0.25, -0.2) is 0 Å². The molecule has 0 N–H and O–H groups in total. The van der Waals surface area contributed by atoms with Crippen molar-refractivity contribution in [3.63, 3.8) is 0 Å². The highest BCUT2D eigenvalue weighted by atomic mass is 15.3. The molecule has 1 aliphatic rings. The van der Waals surface area contributed by atoms with Crippen LogP contribution in [0.2, 0.25) is 0 Å². The summed E-state index contributed by atoms with van der Waals surface area (Å²) in [6.45, 7) is 6.97. The minimum atomic E-state index is 0.624. The first-order valence-electron chi connectivity index (χ1n) is 6.94. The second-order valence-corrected chi connectivity index (χ2v) is 5.87. The van der Waals surface area contributed by atoms with Crippen molar-refractivity contribution in [2.75, 3.05) is 32.1 Å². The van der Waals surface area contributed by atoms with Gasteiger partial charge in [-0.2, -0.15) is 5.10 Å². The Balaban J connectivity index is 2.09. The van der Waals surface area contributed by atoms with E-state index in [1.807, 2.05) is 11.7 Å². The zero-order chi connectivity index (χ0) is 13.3.